The molecule has 0 aromatic heterocycles. The third-order valence-electron chi connectivity index (χ3n) is 0.848. The summed E-state index contributed by atoms with van der Waals surface area (Å²) in [7, 11) is 0. The van der Waals surface area contributed by atoms with Crippen LogP contribution >= 0.6 is 11.6 Å². The second kappa shape index (κ2) is 8.07. The minimum Gasteiger partial charge on any atom is -0.478 e. The molecule has 2 N–H and O–H groups in total. The van der Waals surface area contributed by atoms with Gasteiger partial charge < -0.3 is 10.2 Å². The Kier molecular flexibility index (Phi) is 9.11. The van der Waals surface area contributed by atoms with E-state index in [1.54, 1.807) is 13.0 Å². The zero-order valence-corrected chi connectivity index (χ0v) is 7.63. The molecule has 70 valence electrons. The van der Waals surface area contributed by atoms with Gasteiger partial charge in [0.1, 0.15) is 0 Å². The molecule has 5 heteroatoms. The smallest absolute Gasteiger partial charge is 0.401 e. The van der Waals surface area contributed by atoms with Crippen LogP contribution in [0, 0.1) is 0 Å². The number of hydrogen-bond donors (Lipinski definition) is 2. The summed E-state index contributed by atoms with van der Waals surface area (Å²) in [5, 5.41) is 15.4. The fraction of sp³-hybridized carbons (Fsp3) is 0.429. The molecule has 0 saturated heterocycles. The van der Waals surface area contributed by atoms with Gasteiger partial charge in [-0.05, 0) is 13.3 Å². The quantitative estimate of drug-likeness (QED) is 0.523. The second-order valence-electron chi connectivity index (χ2n) is 1.85. The van der Waals surface area contributed by atoms with Crippen LogP contribution in [0.2, 0.25) is 0 Å². The van der Waals surface area contributed by atoms with Crippen molar-refractivity contribution in [3.8, 4) is 0 Å². The van der Waals surface area contributed by atoms with Crippen molar-refractivity contribution < 1.29 is 19.8 Å². The van der Waals surface area contributed by atoms with Crippen molar-refractivity contribution in [3.63, 3.8) is 0 Å². The molecule has 0 aromatic carbocycles. The summed E-state index contributed by atoms with van der Waals surface area (Å²) in [5.74, 6) is -0.827. The van der Waals surface area contributed by atoms with E-state index in [4.69, 9.17) is 15.0 Å². The highest BCUT2D eigenvalue weighted by atomic mass is 35.5. The number of hydrogen-bond acceptors (Lipinski definition) is 2. The zero-order valence-electron chi connectivity index (χ0n) is 6.87. The molecule has 4 nitrogen and oxygen atoms in total. The van der Waals surface area contributed by atoms with Gasteiger partial charge in [-0.15, -0.1) is 0 Å². The van der Waals surface area contributed by atoms with Crippen LogP contribution < -0.4 is 0 Å². The number of carboxylic acid groups (broad SMARTS) is 2. The topological polar surface area (TPSA) is 74.6 Å². The molecule has 0 amide bonds. The van der Waals surface area contributed by atoms with Gasteiger partial charge in [-0.3, -0.25) is 0 Å². The Morgan fingerprint density at radius 3 is 1.83 bits per heavy atom. The average Bonchev–Trinajstić information content (AvgIpc) is 1.86. The molecule has 0 unspecified atom stereocenters. The van der Waals surface area contributed by atoms with Crippen LogP contribution in [0.3, 0.4) is 0 Å². The van der Waals surface area contributed by atoms with Crippen molar-refractivity contribution >= 4 is 23.0 Å². The molecule has 12 heavy (non-hydrogen) atoms. The van der Waals surface area contributed by atoms with Crippen molar-refractivity contribution in [2.45, 2.75) is 20.3 Å². The first-order valence-corrected chi connectivity index (χ1v) is 3.58. The Balaban J connectivity index is 0. The molecule has 0 aliphatic heterocycles. The first-order valence-electron chi connectivity index (χ1n) is 3.20. The van der Waals surface area contributed by atoms with Crippen LogP contribution in [0.1, 0.15) is 20.3 Å². The minimum absolute atomic E-state index is 0.424. The summed E-state index contributed by atoms with van der Waals surface area (Å²) in [6.45, 7) is 3.50. The number of allylic oxidation sites excluding steroid dienone is 1. The molecule has 0 radical (unpaired) electrons. The SMILES string of the molecule is CC/C=C(\C)C(=O)O.O=C(O)Cl. The molecule has 0 spiro atoms. The molecule has 0 aliphatic carbocycles. The van der Waals surface area contributed by atoms with E-state index in [9.17, 15) is 4.79 Å². The summed E-state index contributed by atoms with van der Waals surface area (Å²) >= 11 is 4.19. The second-order valence-corrected chi connectivity index (χ2v) is 2.18. The predicted molar refractivity (Wildman–Crippen MR) is 45.6 cm³/mol. The van der Waals surface area contributed by atoms with Gasteiger partial charge >= 0.3 is 11.4 Å². The van der Waals surface area contributed by atoms with Crippen LogP contribution in [-0.4, -0.2) is 21.6 Å². The van der Waals surface area contributed by atoms with Gasteiger partial charge in [-0.1, -0.05) is 13.0 Å². The van der Waals surface area contributed by atoms with Gasteiger partial charge in [0.25, 0.3) is 0 Å². The fourth-order valence-electron chi connectivity index (χ4n) is 0.393. The van der Waals surface area contributed by atoms with E-state index in [0.717, 1.165) is 6.42 Å². The summed E-state index contributed by atoms with van der Waals surface area (Å²) in [6.07, 6.45) is 2.47. The van der Waals surface area contributed by atoms with E-state index in [1.807, 2.05) is 6.92 Å². The molecule has 0 bridgehead atoms. The van der Waals surface area contributed by atoms with Crippen LogP contribution in [0.25, 0.3) is 0 Å². The fourth-order valence-corrected chi connectivity index (χ4v) is 0.393. The molecule has 0 aliphatic rings. The lowest BCUT2D eigenvalue weighted by atomic mass is 10.2. The number of carboxylic acids is 1. The van der Waals surface area contributed by atoms with Crippen LogP contribution in [0.5, 0.6) is 0 Å². The molecular weight excluding hydrogens is 184 g/mol. The van der Waals surface area contributed by atoms with Crippen molar-refractivity contribution in [1.82, 2.24) is 0 Å². The zero-order chi connectivity index (χ0) is 10.1. The number of aliphatic carboxylic acids is 1. The summed E-state index contributed by atoms with van der Waals surface area (Å²) < 4.78 is 0. The molecule has 0 atom stereocenters. The largest absolute Gasteiger partial charge is 0.478 e. The Hall–Kier alpha value is -1.03. The highest BCUT2D eigenvalue weighted by Crippen LogP contribution is 1.92. The van der Waals surface area contributed by atoms with Gasteiger partial charge in [-0.2, -0.15) is 0 Å². The van der Waals surface area contributed by atoms with Crippen LogP contribution in [-0.2, 0) is 4.79 Å². The molecule has 0 heterocycles. The number of halogens is 1. The lowest BCUT2D eigenvalue weighted by Crippen LogP contribution is -1.94. The van der Waals surface area contributed by atoms with Gasteiger partial charge in [0, 0.05) is 17.2 Å². The Labute approximate surface area is 75.5 Å². The van der Waals surface area contributed by atoms with Crippen molar-refractivity contribution in [2.75, 3.05) is 0 Å². The maximum atomic E-state index is 10.0. The van der Waals surface area contributed by atoms with Crippen molar-refractivity contribution in [1.29, 1.82) is 0 Å². The third-order valence-corrected chi connectivity index (χ3v) is 0.848. The summed E-state index contributed by atoms with van der Waals surface area (Å²) in [6, 6.07) is 0. The molecule has 0 fully saturated rings. The van der Waals surface area contributed by atoms with Crippen molar-refractivity contribution in [3.05, 3.63) is 11.6 Å². The van der Waals surface area contributed by atoms with Gasteiger partial charge in [0.15, 0.2) is 0 Å². The normalized spacial score (nSPS) is 9.75. The highest BCUT2D eigenvalue weighted by Gasteiger charge is 1.94. The van der Waals surface area contributed by atoms with E-state index in [1.165, 1.54) is 0 Å². The number of rotatable bonds is 2. The predicted octanol–water partition coefficient (Wildman–Crippen LogP) is 2.33. The van der Waals surface area contributed by atoms with Crippen molar-refractivity contribution in [2.24, 2.45) is 0 Å². The minimum atomic E-state index is -1.36. The van der Waals surface area contributed by atoms with E-state index < -0.39 is 11.4 Å². The number of carbonyl (C=O) groups is 2. The molecular formula is C7H11ClO4. The third kappa shape index (κ3) is 16.0. The standard InChI is InChI=1S/C6H10O2.CHClO2/c1-3-4-5(2)6(7)8;2-1(3)4/h4H,3H2,1-2H3,(H,7,8);(H,3,4)/b5-4+;. The monoisotopic (exact) mass is 194 g/mol. The average molecular weight is 195 g/mol. The first-order chi connectivity index (χ1) is 5.41. The van der Waals surface area contributed by atoms with E-state index in [2.05, 4.69) is 11.6 Å². The molecule has 0 saturated carbocycles. The van der Waals surface area contributed by atoms with E-state index in [-0.39, 0.29) is 0 Å². The highest BCUT2D eigenvalue weighted by molar-refractivity contribution is 6.60. The van der Waals surface area contributed by atoms with Crippen LogP contribution in [0.4, 0.5) is 4.79 Å². The lowest BCUT2D eigenvalue weighted by Gasteiger charge is -1.87. The Morgan fingerprint density at radius 1 is 1.42 bits per heavy atom. The Morgan fingerprint density at radius 2 is 1.75 bits per heavy atom. The Bertz CT molecular complexity index is 182. The molecule has 0 rings (SSSR count). The lowest BCUT2D eigenvalue weighted by molar-refractivity contribution is -0.132. The first kappa shape index (κ1) is 13.6. The van der Waals surface area contributed by atoms with E-state index >= 15 is 0 Å². The van der Waals surface area contributed by atoms with Gasteiger partial charge in [0.2, 0.25) is 0 Å². The summed E-state index contributed by atoms with van der Waals surface area (Å²) in [5.41, 5.74) is -0.937. The molecule has 0 aromatic rings. The van der Waals surface area contributed by atoms with Gasteiger partial charge in [0.05, 0.1) is 0 Å². The maximum absolute atomic E-state index is 10.0. The maximum Gasteiger partial charge on any atom is 0.401 e. The van der Waals surface area contributed by atoms with Gasteiger partial charge in [-0.25, -0.2) is 9.59 Å². The van der Waals surface area contributed by atoms with Crippen LogP contribution in [0.15, 0.2) is 11.6 Å². The van der Waals surface area contributed by atoms with E-state index in [0.29, 0.717) is 5.57 Å². The summed E-state index contributed by atoms with van der Waals surface area (Å²) in [4.78, 5) is 18.8.